The molecule has 1 fully saturated rings. The summed E-state index contributed by atoms with van der Waals surface area (Å²) < 4.78 is 2.08. The van der Waals surface area contributed by atoms with E-state index in [0.29, 0.717) is 12.6 Å². The Morgan fingerprint density at radius 2 is 1.97 bits per heavy atom. The van der Waals surface area contributed by atoms with E-state index in [1.165, 1.54) is 22.4 Å². The number of imidazole rings is 1. The minimum atomic E-state index is 0. The van der Waals surface area contributed by atoms with E-state index >= 15 is 0 Å². The predicted octanol–water partition coefficient (Wildman–Crippen LogP) is 4.19. The van der Waals surface area contributed by atoms with Crippen molar-refractivity contribution >= 4 is 35.6 Å². The van der Waals surface area contributed by atoms with Crippen LogP contribution in [0, 0.1) is 6.92 Å². The van der Waals surface area contributed by atoms with Gasteiger partial charge in [0.1, 0.15) is 0 Å². The van der Waals surface area contributed by atoms with Crippen LogP contribution < -0.4 is 15.5 Å². The minimum Gasteiger partial charge on any atom is -0.369 e. The molecule has 3 aromatic rings. The third-order valence-corrected chi connectivity index (χ3v) is 5.61. The standard InChI is InChI=1S/C25H32N6.HI/c1-3-27-25(29-23-11-13-31(18-23)24-9-7-20(2)8-10-24)28-16-21-5-4-6-22(15-21)17-30-14-12-26-19-30;/h4-10,12,14-15,19,23H,3,11,13,16-18H2,1-2H3,(H2,27,28,29);1H. The molecule has 0 spiro atoms. The van der Waals surface area contributed by atoms with Gasteiger partial charge in [-0.25, -0.2) is 9.98 Å². The van der Waals surface area contributed by atoms with E-state index in [1.807, 2.05) is 18.7 Å². The quantitative estimate of drug-likeness (QED) is 0.266. The van der Waals surface area contributed by atoms with Crippen molar-refractivity contribution in [1.29, 1.82) is 0 Å². The molecule has 4 rings (SSSR count). The van der Waals surface area contributed by atoms with Crippen LogP contribution in [0.2, 0.25) is 0 Å². The maximum Gasteiger partial charge on any atom is 0.191 e. The molecule has 7 heteroatoms. The molecule has 1 unspecified atom stereocenters. The summed E-state index contributed by atoms with van der Waals surface area (Å²) in [6, 6.07) is 17.8. The van der Waals surface area contributed by atoms with Crippen LogP contribution in [0.5, 0.6) is 0 Å². The fraction of sp³-hybridized carbons (Fsp3) is 0.360. The SMILES string of the molecule is CCNC(=NCc1cccc(Cn2ccnc2)c1)NC1CCN(c2ccc(C)cc2)C1.I. The molecule has 0 aliphatic carbocycles. The number of hydrogen-bond donors (Lipinski definition) is 2. The summed E-state index contributed by atoms with van der Waals surface area (Å²) in [5.74, 6) is 0.887. The molecule has 1 aromatic heterocycles. The molecule has 2 N–H and O–H groups in total. The van der Waals surface area contributed by atoms with Gasteiger partial charge in [-0.2, -0.15) is 0 Å². The first-order valence-corrected chi connectivity index (χ1v) is 11.1. The van der Waals surface area contributed by atoms with Gasteiger partial charge in [-0.15, -0.1) is 24.0 Å². The molecule has 2 heterocycles. The summed E-state index contributed by atoms with van der Waals surface area (Å²) in [5.41, 5.74) is 5.07. The molecule has 0 saturated carbocycles. The van der Waals surface area contributed by atoms with Crippen molar-refractivity contribution in [3.05, 3.63) is 83.9 Å². The van der Waals surface area contributed by atoms with Crippen molar-refractivity contribution in [3.8, 4) is 0 Å². The topological polar surface area (TPSA) is 57.5 Å². The van der Waals surface area contributed by atoms with E-state index in [9.17, 15) is 0 Å². The number of halogens is 1. The first-order valence-electron chi connectivity index (χ1n) is 11.1. The van der Waals surface area contributed by atoms with Gasteiger partial charge in [0.2, 0.25) is 0 Å². The Morgan fingerprint density at radius 1 is 1.16 bits per heavy atom. The number of hydrogen-bond acceptors (Lipinski definition) is 3. The molecule has 6 nitrogen and oxygen atoms in total. The molecule has 0 radical (unpaired) electrons. The van der Waals surface area contributed by atoms with Gasteiger partial charge in [0.15, 0.2) is 5.96 Å². The van der Waals surface area contributed by atoms with Crippen LogP contribution in [0.3, 0.4) is 0 Å². The number of guanidine groups is 1. The van der Waals surface area contributed by atoms with Gasteiger partial charge in [-0.3, -0.25) is 0 Å². The average molecular weight is 544 g/mol. The Balaban J connectivity index is 0.00000289. The Bertz CT molecular complexity index is 984. The van der Waals surface area contributed by atoms with Crippen LogP contribution in [-0.4, -0.2) is 41.2 Å². The van der Waals surface area contributed by atoms with Gasteiger partial charge in [0.25, 0.3) is 0 Å². The molecule has 1 aliphatic heterocycles. The Labute approximate surface area is 208 Å². The number of anilines is 1. The van der Waals surface area contributed by atoms with Gasteiger partial charge in [-0.05, 0) is 43.5 Å². The first kappa shape index (κ1) is 24.1. The van der Waals surface area contributed by atoms with Gasteiger partial charge in [0, 0.05) is 50.3 Å². The molecule has 0 bridgehead atoms. The van der Waals surface area contributed by atoms with Crippen molar-refractivity contribution in [2.24, 2.45) is 4.99 Å². The fourth-order valence-electron chi connectivity index (χ4n) is 3.97. The summed E-state index contributed by atoms with van der Waals surface area (Å²) in [7, 11) is 0. The summed E-state index contributed by atoms with van der Waals surface area (Å²) >= 11 is 0. The average Bonchev–Trinajstić information content (AvgIpc) is 3.45. The zero-order chi connectivity index (χ0) is 21.5. The van der Waals surface area contributed by atoms with Crippen molar-refractivity contribution in [1.82, 2.24) is 20.2 Å². The first-order chi connectivity index (χ1) is 15.2. The van der Waals surface area contributed by atoms with Crippen LogP contribution in [-0.2, 0) is 13.1 Å². The molecular formula is C25H33IN6. The third kappa shape index (κ3) is 6.72. The number of benzene rings is 2. The lowest BCUT2D eigenvalue weighted by Crippen LogP contribution is -2.44. The molecule has 1 atom stereocenters. The third-order valence-electron chi connectivity index (χ3n) is 5.61. The summed E-state index contributed by atoms with van der Waals surface area (Å²) in [5, 5.41) is 7.03. The van der Waals surface area contributed by atoms with Gasteiger partial charge < -0.3 is 20.1 Å². The highest BCUT2D eigenvalue weighted by Gasteiger charge is 2.23. The molecule has 2 aromatic carbocycles. The zero-order valence-electron chi connectivity index (χ0n) is 18.9. The van der Waals surface area contributed by atoms with E-state index in [0.717, 1.165) is 38.6 Å². The lowest BCUT2D eigenvalue weighted by molar-refractivity contribution is 0.649. The monoisotopic (exact) mass is 544 g/mol. The number of nitrogens with one attached hydrogen (secondary N) is 2. The second-order valence-corrected chi connectivity index (χ2v) is 8.16. The van der Waals surface area contributed by atoms with Gasteiger partial charge in [0.05, 0.1) is 12.9 Å². The van der Waals surface area contributed by atoms with Crippen LogP contribution in [0.25, 0.3) is 0 Å². The second kappa shape index (κ2) is 11.9. The normalized spacial score (nSPS) is 16.0. The number of nitrogens with zero attached hydrogens (tertiary/aromatic N) is 4. The van der Waals surface area contributed by atoms with Crippen molar-refractivity contribution in [2.75, 3.05) is 24.5 Å². The number of aromatic nitrogens is 2. The molecule has 170 valence electrons. The maximum atomic E-state index is 4.85. The molecular weight excluding hydrogens is 511 g/mol. The largest absolute Gasteiger partial charge is 0.369 e. The molecule has 32 heavy (non-hydrogen) atoms. The highest BCUT2D eigenvalue weighted by Crippen LogP contribution is 2.20. The smallest absolute Gasteiger partial charge is 0.191 e. The van der Waals surface area contributed by atoms with Crippen molar-refractivity contribution < 1.29 is 0 Å². The lowest BCUT2D eigenvalue weighted by atomic mass is 10.1. The number of rotatable bonds is 7. The van der Waals surface area contributed by atoms with Crippen LogP contribution in [0.4, 0.5) is 5.69 Å². The van der Waals surface area contributed by atoms with Crippen molar-refractivity contribution in [3.63, 3.8) is 0 Å². The van der Waals surface area contributed by atoms with Crippen molar-refractivity contribution in [2.45, 2.75) is 39.4 Å². The van der Waals surface area contributed by atoms with Crippen LogP contribution >= 0.6 is 24.0 Å². The highest BCUT2D eigenvalue weighted by molar-refractivity contribution is 14.0. The van der Waals surface area contributed by atoms with Gasteiger partial charge in [-0.1, -0.05) is 42.0 Å². The van der Waals surface area contributed by atoms with E-state index in [2.05, 4.69) is 87.5 Å². The number of aliphatic imine (C=N–C) groups is 1. The molecule has 1 saturated heterocycles. The summed E-state index contributed by atoms with van der Waals surface area (Å²) in [6.07, 6.45) is 6.75. The van der Waals surface area contributed by atoms with E-state index in [-0.39, 0.29) is 24.0 Å². The zero-order valence-corrected chi connectivity index (χ0v) is 21.2. The Hall–Kier alpha value is -2.55. The minimum absolute atomic E-state index is 0. The van der Waals surface area contributed by atoms with E-state index in [1.54, 1.807) is 0 Å². The molecule has 0 amide bonds. The highest BCUT2D eigenvalue weighted by atomic mass is 127. The second-order valence-electron chi connectivity index (χ2n) is 8.16. The maximum absolute atomic E-state index is 4.85. The predicted molar refractivity (Wildman–Crippen MR) is 143 cm³/mol. The van der Waals surface area contributed by atoms with Crippen LogP contribution in [0.15, 0.2) is 72.2 Å². The molecule has 1 aliphatic rings. The lowest BCUT2D eigenvalue weighted by Gasteiger charge is -2.20. The van der Waals surface area contributed by atoms with Crippen LogP contribution in [0.1, 0.15) is 30.0 Å². The summed E-state index contributed by atoms with van der Waals surface area (Å²) in [6.45, 7) is 8.63. The Morgan fingerprint density at radius 3 is 2.72 bits per heavy atom. The Kier molecular flexibility index (Phi) is 8.96. The fourth-order valence-corrected chi connectivity index (χ4v) is 3.97. The summed E-state index contributed by atoms with van der Waals surface area (Å²) in [4.78, 5) is 11.4. The van der Waals surface area contributed by atoms with Gasteiger partial charge >= 0.3 is 0 Å². The van der Waals surface area contributed by atoms with E-state index in [4.69, 9.17) is 4.99 Å². The van der Waals surface area contributed by atoms with E-state index < -0.39 is 0 Å². The number of aryl methyl sites for hydroxylation is 1.